The molecule has 1 aliphatic heterocycles. The van der Waals surface area contributed by atoms with Crippen molar-refractivity contribution in [3.8, 4) is 11.5 Å². The first-order chi connectivity index (χ1) is 9.74. The summed E-state index contributed by atoms with van der Waals surface area (Å²) in [7, 11) is 0. The number of halogens is 1. The standard InChI is InChI=1S/C14H11ClN2O3/c15-9-4-3-7-16-13(9)17-14(18)12-8-19-10-5-1-2-6-11(10)20-12/h1-7,12H,8H2,(H,16,17,18)/t12-/m1/s1. The number of anilines is 1. The molecule has 0 aliphatic carbocycles. The van der Waals surface area contributed by atoms with Crippen LogP contribution in [-0.2, 0) is 4.79 Å². The number of hydrogen-bond donors (Lipinski definition) is 1. The number of nitrogens with zero attached hydrogens (tertiary/aromatic N) is 1. The smallest absolute Gasteiger partial charge is 0.270 e. The molecule has 20 heavy (non-hydrogen) atoms. The highest BCUT2D eigenvalue weighted by Crippen LogP contribution is 2.31. The number of benzene rings is 1. The van der Waals surface area contributed by atoms with Gasteiger partial charge in [-0.2, -0.15) is 0 Å². The molecular formula is C14H11ClN2O3. The first kappa shape index (κ1) is 12.7. The van der Waals surface area contributed by atoms with Crippen LogP contribution in [0.5, 0.6) is 11.5 Å². The van der Waals surface area contributed by atoms with E-state index in [0.717, 1.165) is 0 Å². The fourth-order valence-electron chi connectivity index (χ4n) is 1.82. The van der Waals surface area contributed by atoms with E-state index in [1.165, 1.54) is 0 Å². The van der Waals surface area contributed by atoms with Crippen LogP contribution in [-0.4, -0.2) is 23.6 Å². The summed E-state index contributed by atoms with van der Waals surface area (Å²) >= 11 is 5.94. The molecule has 0 unspecified atom stereocenters. The summed E-state index contributed by atoms with van der Waals surface area (Å²) in [5, 5.41) is 3.00. The van der Waals surface area contributed by atoms with Gasteiger partial charge < -0.3 is 14.8 Å². The predicted molar refractivity (Wildman–Crippen MR) is 74.2 cm³/mol. The molecule has 1 aliphatic rings. The van der Waals surface area contributed by atoms with Crippen molar-refractivity contribution in [3.05, 3.63) is 47.6 Å². The third-order valence-electron chi connectivity index (χ3n) is 2.80. The summed E-state index contributed by atoms with van der Waals surface area (Å²) in [5.74, 6) is 1.14. The number of ether oxygens (including phenoxy) is 2. The Morgan fingerprint density at radius 3 is 2.85 bits per heavy atom. The van der Waals surface area contributed by atoms with Crippen molar-refractivity contribution in [1.29, 1.82) is 0 Å². The van der Waals surface area contributed by atoms with Crippen LogP contribution in [0, 0.1) is 0 Å². The largest absolute Gasteiger partial charge is 0.485 e. The highest BCUT2D eigenvalue weighted by molar-refractivity contribution is 6.33. The van der Waals surface area contributed by atoms with Crippen molar-refractivity contribution in [2.45, 2.75) is 6.10 Å². The van der Waals surface area contributed by atoms with Gasteiger partial charge in [0.15, 0.2) is 17.3 Å². The average Bonchev–Trinajstić information content (AvgIpc) is 2.49. The summed E-state index contributed by atoms with van der Waals surface area (Å²) in [6, 6.07) is 10.5. The maximum Gasteiger partial charge on any atom is 0.270 e. The number of carbonyl (C=O) groups excluding carboxylic acids is 1. The fourth-order valence-corrected chi connectivity index (χ4v) is 1.99. The van der Waals surface area contributed by atoms with Crippen LogP contribution in [0.1, 0.15) is 0 Å². The number of carbonyl (C=O) groups is 1. The average molecular weight is 291 g/mol. The van der Waals surface area contributed by atoms with E-state index in [9.17, 15) is 4.79 Å². The van der Waals surface area contributed by atoms with Crippen LogP contribution in [0.25, 0.3) is 0 Å². The van der Waals surface area contributed by atoms with Gasteiger partial charge in [-0.15, -0.1) is 0 Å². The molecule has 2 heterocycles. The van der Waals surface area contributed by atoms with Crippen molar-refractivity contribution >= 4 is 23.3 Å². The van der Waals surface area contributed by atoms with Crippen molar-refractivity contribution in [1.82, 2.24) is 4.98 Å². The summed E-state index contributed by atoms with van der Waals surface area (Å²) in [5.41, 5.74) is 0. The highest BCUT2D eigenvalue weighted by atomic mass is 35.5. The zero-order valence-corrected chi connectivity index (χ0v) is 11.1. The van der Waals surface area contributed by atoms with Gasteiger partial charge >= 0.3 is 0 Å². The molecular weight excluding hydrogens is 280 g/mol. The van der Waals surface area contributed by atoms with E-state index in [1.54, 1.807) is 30.5 Å². The van der Waals surface area contributed by atoms with Gasteiger partial charge in [-0.25, -0.2) is 4.98 Å². The van der Waals surface area contributed by atoms with Crippen LogP contribution in [0.2, 0.25) is 5.02 Å². The normalized spacial score (nSPS) is 16.6. The summed E-state index contributed by atoms with van der Waals surface area (Å²) in [6.45, 7) is 0.146. The lowest BCUT2D eigenvalue weighted by molar-refractivity contribution is -0.125. The molecule has 5 nitrogen and oxygen atoms in total. The van der Waals surface area contributed by atoms with E-state index in [0.29, 0.717) is 22.3 Å². The number of para-hydroxylation sites is 2. The zero-order valence-electron chi connectivity index (χ0n) is 10.4. The summed E-state index contributed by atoms with van der Waals surface area (Å²) < 4.78 is 11.1. The van der Waals surface area contributed by atoms with Crippen LogP contribution >= 0.6 is 11.6 Å². The highest BCUT2D eigenvalue weighted by Gasteiger charge is 2.27. The minimum Gasteiger partial charge on any atom is -0.485 e. The molecule has 0 saturated carbocycles. The van der Waals surface area contributed by atoms with Gasteiger partial charge in [-0.1, -0.05) is 23.7 Å². The lowest BCUT2D eigenvalue weighted by atomic mass is 10.2. The van der Waals surface area contributed by atoms with Crippen molar-refractivity contribution in [2.75, 3.05) is 11.9 Å². The van der Waals surface area contributed by atoms with Gasteiger partial charge in [0.05, 0.1) is 5.02 Å². The number of amides is 1. The second-order valence-corrected chi connectivity index (χ2v) is 4.59. The molecule has 1 aromatic carbocycles. The van der Waals surface area contributed by atoms with E-state index in [4.69, 9.17) is 21.1 Å². The maximum atomic E-state index is 12.1. The Morgan fingerprint density at radius 2 is 2.05 bits per heavy atom. The topological polar surface area (TPSA) is 60.5 Å². The van der Waals surface area contributed by atoms with Crippen LogP contribution in [0.15, 0.2) is 42.6 Å². The van der Waals surface area contributed by atoms with Crippen LogP contribution in [0.4, 0.5) is 5.82 Å². The van der Waals surface area contributed by atoms with E-state index < -0.39 is 6.10 Å². The molecule has 2 aromatic rings. The molecule has 0 bridgehead atoms. The van der Waals surface area contributed by atoms with Crippen LogP contribution in [0.3, 0.4) is 0 Å². The van der Waals surface area contributed by atoms with Gasteiger partial charge in [0.1, 0.15) is 6.61 Å². The van der Waals surface area contributed by atoms with Gasteiger partial charge in [0, 0.05) is 6.20 Å². The Hall–Kier alpha value is -2.27. The van der Waals surface area contributed by atoms with Gasteiger partial charge in [0.2, 0.25) is 6.10 Å². The fraction of sp³-hybridized carbons (Fsp3) is 0.143. The first-order valence-electron chi connectivity index (χ1n) is 6.04. The SMILES string of the molecule is O=C(Nc1ncccc1Cl)[C@H]1COc2ccccc2O1. The molecule has 1 amide bonds. The molecule has 1 aromatic heterocycles. The lowest BCUT2D eigenvalue weighted by Crippen LogP contribution is -2.40. The number of nitrogens with one attached hydrogen (secondary N) is 1. The maximum absolute atomic E-state index is 12.1. The molecule has 102 valence electrons. The monoisotopic (exact) mass is 290 g/mol. The molecule has 0 radical (unpaired) electrons. The van der Waals surface area contributed by atoms with E-state index in [1.807, 2.05) is 12.1 Å². The Morgan fingerprint density at radius 1 is 1.25 bits per heavy atom. The third kappa shape index (κ3) is 2.53. The molecule has 3 rings (SSSR count). The van der Waals surface area contributed by atoms with Crippen molar-refractivity contribution < 1.29 is 14.3 Å². The van der Waals surface area contributed by atoms with E-state index in [2.05, 4.69) is 10.3 Å². The predicted octanol–water partition coefficient (Wildman–Crippen LogP) is 2.51. The third-order valence-corrected chi connectivity index (χ3v) is 3.11. The Kier molecular flexibility index (Phi) is 3.43. The van der Waals surface area contributed by atoms with Crippen molar-refractivity contribution in [2.24, 2.45) is 0 Å². The lowest BCUT2D eigenvalue weighted by Gasteiger charge is -2.25. The number of rotatable bonds is 2. The van der Waals surface area contributed by atoms with E-state index >= 15 is 0 Å². The second kappa shape index (κ2) is 5.38. The number of aromatic nitrogens is 1. The summed E-state index contributed by atoms with van der Waals surface area (Å²) in [6.07, 6.45) is 0.817. The number of hydrogen-bond acceptors (Lipinski definition) is 4. The first-order valence-corrected chi connectivity index (χ1v) is 6.42. The quantitative estimate of drug-likeness (QED) is 0.923. The second-order valence-electron chi connectivity index (χ2n) is 4.19. The zero-order chi connectivity index (χ0) is 13.9. The molecule has 6 heteroatoms. The van der Waals surface area contributed by atoms with Gasteiger partial charge in [0.25, 0.3) is 5.91 Å². The minimum absolute atomic E-state index is 0.146. The van der Waals surface area contributed by atoms with Crippen LogP contribution < -0.4 is 14.8 Å². The molecule has 0 saturated heterocycles. The molecule has 1 N–H and O–H groups in total. The Bertz CT molecular complexity index is 648. The summed E-state index contributed by atoms with van der Waals surface area (Å²) in [4.78, 5) is 16.1. The molecule has 0 fully saturated rings. The Labute approximate surface area is 120 Å². The molecule has 0 spiro atoms. The van der Waals surface area contributed by atoms with Gasteiger partial charge in [-0.05, 0) is 24.3 Å². The number of fused-ring (bicyclic) bond motifs is 1. The molecule has 1 atom stereocenters. The minimum atomic E-state index is -0.733. The van der Waals surface area contributed by atoms with Gasteiger partial charge in [-0.3, -0.25) is 4.79 Å². The van der Waals surface area contributed by atoms with Crippen molar-refractivity contribution in [3.63, 3.8) is 0 Å². The number of pyridine rings is 1. The Balaban J connectivity index is 1.72. The van der Waals surface area contributed by atoms with E-state index in [-0.39, 0.29) is 12.5 Å².